The summed E-state index contributed by atoms with van der Waals surface area (Å²) in [6.07, 6.45) is 0.859. The Morgan fingerprint density at radius 3 is 2.52 bits per heavy atom. The lowest BCUT2D eigenvalue weighted by Gasteiger charge is -2.11. The highest BCUT2D eigenvalue weighted by molar-refractivity contribution is 5.78. The van der Waals surface area contributed by atoms with Gasteiger partial charge in [-0.15, -0.1) is 0 Å². The van der Waals surface area contributed by atoms with Crippen LogP contribution >= 0.6 is 0 Å². The van der Waals surface area contributed by atoms with E-state index in [0.717, 1.165) is 23.3 Å². The third kappa shape index (κ3) is 5.44. The molecule has 3 heteroatoms. The van der Waals surface area contributed by atoms with Crippen LogP contribution in [0.25, 0.3) is 0 Å². The van der Waals surface area contributed by atoms with Gasteiger partial charge >= 0.3 is 0 Å². The summed E-state index contributed by atoms with van der Waals surface area (Å²) in [5.74, 6) is 1.00. The third-order valence-corrected chi connectivity index (χ3v) is 3.94. The molecule has 2 rings (SSSR count). The van der Waals surface area contributed by atoms with Crippen LogP contribution in [0.15, 0.2) is 48.5 Å². The van der Waals surface area contributed by atoms with Gasteiger partial charge in [0.25, 0.3) is 0 Å². The Kier molecular flexibility index (Phi) is 6.21. The van der Waals surface area contributed by atoms with Crippen molar-refractivity contribution in [1.29, 1.82) is 0 Å². The Bertz CT molecular complexity index is 634. The fraction of sp³-hybridized carbons (Fsp3) is 0.350. The number of nitrogens with one attached hydrogen (secondary N) is 1. The lowest BCUT2D eigenvalue weighted by molar-refractivity contribution is -0.124. The molecule has 0 aliphatic heterocycles. The first kappa shape index (κ1) is 17.1. The van der Waals surface area contributed by atoms with E-state index in [4.69, 9.17) is 4.74 Å². The van der Waals surface area contributed by atoms with Gasteiger partial charge in [0.2, 0.25) is 5.91 Å². The van der Waals surface area contributed by atoms with Gasteiger partial charge in [0.1, 0.15) is 12.4 Å². The predicted molar refractivity (Wildman–Crippen MR) is 93.3 cm³/mol. The van der Waals surface area contributed by atoms with E-state index in [9.17, 15) is 4.79 Å². The lowest BCUT2D eigenvalue weighted by atomic mass is 10.1. The van der Waals surface area contributed by atoms with E-state index in [1.807, 2.05) is 44.2 Å². The fourth-order valence-electron chi connectivity index (χ4n) is 2.22. The first-order chi connectivity index (χ1) is 11.1. The summed E-state index contributed by atoms with van der Waals surface area (Å²) < 4.78 is 5.80. The van der Waals surface area contributed by atoms with Crippen molar-refractivity contribution in [2.45, 2.75) is 40.3 Å². The molecular weight excluding hydrogens is 286 g/mol. The molecule has 1 N–H and O–H groups in total. The van der Waals surface area contributed by atoms with Crippen molar-refractivity contribution in [3.63, 3.8) is 0 Å². The number of hydrogen-bond acceptors (Lipinski definition) is 2. The van der Waals surface area contributed by atoms with Crippen molar-refractivity contribution >= 4 is 5.91 Å². The van der Waals surface area contributed by atoms with Crippen molar-refractivity contribution in [3.05, 3.63) is 65.2 Å². The molecule has 0 saturated heterocycles. The Labute approximate surface area is 138 Å². The van der Waals surface area contributed by atoms with E-state index in [0.29, 0.717) is 13.2 Å². The number of amides is 1. The molecule has 0 aromatic heterocycles. The Balaban J connectivity index is 1.83. The Morgan fingerprint density at radius 1 is 1.13 bits per heavy atom. The Hall–Kier alpha value is -2.29. The van der Waals surface area contributed by atoms with Crippen LogP contribution in [0.4, 0.5) is 0 Å². The van der Waals surface area contributed by atoms with Gasteiger partial charge in [0.05, 0.1) is 0 Å². The van der Waals surface area contributed by atoms with E-state index >= 15 is 0 Å². The summed E-state index contributed by atoms with van der Waals surface area (Å²) >= 11 is 0. The molecule has 1 unspecified atom stereocenters. The average Bonchev–Trinajstić information content (AvgIpc) is 2.58. The van der Waals surface area contributed by atoms with Gasteiger partial charge in [0.15, 0.2) is 0 Å². The van der Waals surface area contributed by atoms with E-state index in [1.165, 1.54) is 5.56 Å². The number of carbonyl (C=O) groups is 1. The second-order valence-corrected chi connectivity index (χ2v) is 5.95. The molecule has 1 atom stereocenters. The van der Waals surface area contributed by atoms with Crippen LogP contribution in [0.5, 0.6) is 5.75 Å². The number of benzene rings is 2. The highest BCUT2D eigenvalue weighted by atomic mass is 16.5. The van der Waals surface area contributed by atoms with Gasteiger partial charge < -0.3 is 10.1 Å². The zero-order valence-electron chi connectivity index (χ0n) is 14.1. The van der Waals surface area contributed by atoms with Crippen LogP contribution < -0.4 is 10.1 Å². The quantitative estimate of drug-likeness (QED) is 0.830. The van der Waals surface area contributed by atoms with Crippen LogP contribution in [-0.2, 0) is 17.9 Å². The molecule has 0 radical (unpaired) electrons. The maximum Gasteiger partial charge on any atom is 0.223 e. The topological polar surface area (TPSA) is 38.3 Å². The van der Waals surface area contributed by atoms with Crippen molar-refractivity contribution in [3.8, 4) is 5.75 Å². The van der Waals surface area contributed by atoms with Crippen LogP contribution in [0.1, 0.15) is 37.0 Å². The lowest BCUT2D eigenvalue weighted by Crippen LogP contribution is -2.28. The molecule has 2 aromatic carbocycles. The van der Waals surface area contributed by atoms with E-state index in [1.54, 1.807) is 0 Å². The molecule has 3 nitrogen and oxygen atoms in total. The summed E-state index contributed by atoms with van der Waals surface area (Å²) in [5.41, 5.74) is 3.47. The normalized spacial score (nSPS) is 11.8. The minimum absolute atomic E-state index is 0.0620. The van der Waals surface area contributed by atoms with Crippen LogP contribution in [0, 0.1) is 12.8 Å². The van der Waals surface area contributed by atoms with E-state index in [-0.39, 0.29) is 11.8 Å². The first-order valence-corrected chi connectivity index (χ1v) is 8.13. The predicted octanol–water partition coefficient (Wildman–Crippen LogP) is 4.24. The largest absolute Gasteiger partial charge is 0.489 e. The molecule has 0 aliphatic carbocycles. The summed E-state index contributed by atoms with van der Waals surface area (Å²) in [6, 6.07) is 16.2. The van der Waals surface area contributed by atoms with E-state index in [2.05, 4.69) is 30.4 Å². The molecule has 122 valence electrons. The van der Waals surface area contributed by atoms with Crippen molar-refractivity contribution in [1.82, 2.24) is 5.32 Å². The number of hydrogen-bond donors (Lipinski definition) is 1. The molecular formula is C20H25NO2. The van der Waals surface area contributed by atoms with Gasteiger partial charge in [-0.1, -0.05) is 55.8 Å². The van der Waals surface area contributed by atoms with Gasteiger partial charge in [-0.25, -0.2) is 0 Å². The maximum atomic E-state index is 11.8. The van der Waals surface area contributed by atoms with Gasteiger partial charge in [0, 0.05) is 12.5 Å². The average molecular weight is 311 g/mol. The molecule has 0 bridgehead atoms. The number of ether oxygens (including phenoxy) is 1. The molecule has 1 amide bonds. The number of aryl methyl sites for hydroxylation is 1. The molecule has 0 fully saturated rings. The summed E-state index contributed by atoms with van der Waals surface area (Å²) in [6.45, 7) is 7.15. The molecule has 2 aromatic rings. The van der Waals surface area contributed by atoms with Crippen molar-refractivity contribution < 1.29 is 9.53 Å². The van der Waals surface area contributed by atoms with Gasteiger partial charge in [-0.3, -0.25) is 4.79 Å². The maximum absolute atomic E-state index is 11.8. The Morgan fingerprint density at radius 2 is 1.87 bits per heavy atom. The van der Waals surface area contributed by atoms with Gasteiger partial charge in [-0.2, -0.15) is 0 Å². The number of carbonyl (C=O) groups excluding carboxylic acids is 1. The zero-order chi connectivity index (χ0) is 16.7. The molecule has 0 spiro atoms. The second kappa shape index (κ2) is 8.37. The van der Waals surface area contributed by atoms with Crippen LogP contribution in [-0.4, -0.2) is 5.91 Å². The molecule has 0 heterocycles. The summed E-state index contributed by atoms with van der Waals surface area (Å²) in [7, 11) is 0. The smallest absolute Gasteiger partial charge is 0.223 e. The first-order valence-electron chi connectivity index (χ1n) is 8.13. The summed E-state index contributed by atoms with van der Waals surface area (Å²) in [5, 5.41) is 2.95. The minimum Gasteiger partial charge on any atom is -0.489 e. The highest BCUT2D eigenvalue weighted by Crippen LogP contribution is 2.15. The fourth-order valence-corrected chi connectivity index (χ4v) is 2.22. The van der Waals surface area contributed by atoms with Crippen molar-refractivity contribution in [2.75, 3.05) is 0 Å². The summed E-state index contributed by atoms with van der Waals surface area (Å²) in [4.78, 5) is 11.8. The molecule has 0 saturated carbocycles. The SMILES string of the molecule is CCC(C)C(=O)NCc1ccc(OCc2cccc(C)c2)cc1. The minimum atomic E-state index is 0.0620. The van der Waals surface area contributed by atoms with Crippen molar-refractivity contribution in [2.24, 2.45) is 5.92 Å². The molecule has 0 aliphatic rings. The van der Waals surface area contributed by atoms with Crippen LogP contribution in [0.2, 0.25) is 0 Å². The monoisotopic (exact) mass is 311 g/mol. The third-order valence-electron chi connectivity index (χ3n) is 3.94. The highest BCUT2D eigenvalue weighted by Gasteiger charge is 2.09. The van der Waals surface area contributed by atoms with Crippen LogP contribution in [0.3, 0.4) is 0 Å². The standard InChI is InChI=1S/C20H25NO2/c1-4-16(3)20(22)21-13-17-8-10-19(11-9-17)23-14-18-7-5-6-15(2)12-18/h5-12,16H,4,13-14H2,1-3H3,(H,21,22). The zero-order valence-corrected chi connectivity index (χ0v) is 14.1. The van der Waals surface area contributed by atoms with E-state index < -0.39 is 0 Å². The van der Waals surface area contributed by atoms with Gasteiger partial charge in [-0.05, 0) is 36.6 Å². The number of rotatable bonds is 7. The molecule has 23 heavy (non-hydrogen) atoms. The second-order valence-electron chi connectivity index (χ2n) is 5.95.